The molecule has 202 valence electrons. The summed E-state index contributed by atoms with van der Waals surface area (Å²) < 4.78 is 0. The zero-order valence-electron chi connectivity index (χ0n) is 21.4. The van der Waals surface area contributed by atoms with E-state index in [-0.39, 0.29) is 22.3 Å². The van der Waals surface area contributed by atoms with E-state index in [2.05, 4.69) is 5.32 Å². The molecule has 3 heterocycles. The van der Waals surface area contributed by atoms with E-state index in [0.29, 0.717) is 26.9 Å². The minimum atomic E-state index is -1.44. The summed E-state index contributed by atoms with van der Waals surface area (Å²) in [7, 11) is 0. The van der Waals surface area contributed by atoms with Crippen LogP contribution in [-0.2, 0) is 10.2 Å². The van der Waals surface area contributed by atoms with E-state index < -0.39 is 29.2 Å². The zero-order valence-corrected chi connectivity index (χ0v) is 23.6. The summed E-state index contributed by atoms with van der Waals surface area (Å²) in [6.07, 6.45) is 3.75. The monoisotopic (exact) mass is 598 g/mol. The van der Waals surface area contributed by atoms with Crippen molar-refractivity contribution in [1.82, 2.24) is 4.90 Å². The van der Waals surface area contributed by atoms with Crippen LogP contribution in [0.25, 0.3) is 6.08 Å². The Kier molecular flexibility index (Phi) is 6.09. The van der Waals surface area contributed by atoms with Crippen molar-refractivity contribution >= 4 is 64.0 Å². The number of nitrogens with zero attached hydrogens (tertiary/aromatic N) is 1. The highest BCUT2D eigenvalue weighted by Gasteiger charge is 2.70. The third-order valence-electron chi connectivity index (χ3n) is 8.45. The Hall–Kier alpha value is -3.90. The predicted molar refractivity (Wildman–Crippen MR) is 161 cm³/mol. The summed E-state index contributed by atoms with van der Waals surface area (Å²) in [6.45, 7) is 0. The normalized spacial score (nSPS) is 23.6. The molecule has 3 aliphatic rings. The highest BCUT2D eigenvalue weighted by Crippen LogP contribution is 2.62. The standard InChI is InChI=1S/C33H21Cl3N2O3/c34-20-11-9-19(10-12-20)29(39)28-27(30(40)23-14-13-21(35)17-25(23)36)33(24-7-3-4-8-26(24)37-32(33)41)31-22-6-2-1-5-18(22)15-16-38(28)31/h1-17,27-28,31H,(H,37,41)/t27-,28+,31-,33-/m1/s1. The van der Waals surface area contributed by atoms with Crippen molar-refractivity contribution in [2.24, 2.45) is 5.92 Å². The number of anilines is 1. The van der Waals surface area contributed by atoms with Crippen LogP contribution >= 0.6 is 34.8 Å². The second kappa shape index (κ2) is 9.59. The number of fused-ring (bicyclic) bond motifs is 6. The van der Waals surface area contributed by atoms with Crippen molar-refractivity contribution in [3.8, 4) is 0 Å². The van der Waals surface area contributed by atoms with Gasteiger partial charge in [0.2, 0.25) is 5.91 Å². The fourth-order valence-corrected chi connectivity index (χ4v) is 7.44. The van der Waals surface area contributed by atoms with Gasteiger partial charge in [-0.15, -0.1) is 0 Å². The average molecular weight is 600 g/mol. The third-order valence-corrected chi connectivity index (χ3v) is 9.25. The minimum Gasteiger partial charge on any atom is -0.358 e. The van der Waals surface area contributed by atoms with Crippen molar-refractivity contribution in [3.63, 3.8) is 0 Å². The van der Waals surface area contributed by atoms with Gasteiger partial charge in [0, 0.05) is 33.1 Å². The zero-order chi connectivity index (χ0) is 28.5. The van der Waals surface area contributed by atoms with Gasteiger partial charge in [-0.05, 0) is 71.3 Å². The molecule has 0 aliphatic carbocycles. The number of benzene rings is 4. The van der Waals surface area contributed by atoms with E-state index in [1.165, 1.54) is 6.07 Å². The number of carbonyl (C=O) groups is 3. The molecule has 1 fully saturated rings. The van der Waals surface area contributed by atoms with Crippen molar-refractivity contribution in [2.45, 2.75) is 17.5 Å². The second-order valence-corrected chi connectivity index (χ2v) is 11.7. The largest absolute Gasteiger partial charge is 0.358 e. The lowest BCUT2D eigenvalue weighted by Gasteiger charge is -2.38. The van der Waals surface area contributed by atoms with E-state index in [0.717, 1.165) is 11.1 Å². The molecule has 1 spiro atoms. The molecule has 41 heavy (non-hydrogen) atoms. The molecule has 0 saturated carbocycles. The van der Waals surface area contributed by atoms with Crippen LogP contribution in [-0.4, -0.2) is 28.4 Å². The van der Waals surface area contributed by atoms with Crippen molar-refractivity contribution < 1.29 is 14.4 Å². The van der Waals surface area contributed by atoms with Gasteiger partial charge in [0.25, 0.3) is 0 Å². The third kappa shape index (κ3) is 3.73. The summed E-state index contributed by atoms with van der Waals surface area (Å²) in [5.41, 5.74) is 2.19. The lowest BCUT2D eigenvalue weighted by molar-refractivity contribution is -0.122. The van der Waals surface area contributed by atoms with Crippen molar-refractivity contribution in [1.29, 1.82) is 0 Å². The number of para-hydroxylation sites is 1. The predicted octanol–water partition coefficient (Wildman–Crippen LogP) is 7.63. The number of Topliss-reactive ketones (excluding diaryl/α,β-unsaturated/α-hetero) is 2. The van der Waals surface area contributed by atoms with Gasteiger partial charge in [-0.3, -0.25) is 14.4 Å². The van der Waals surface area contributed by atoms with E-state index in [1.807, 2.05) is 65.7 Å². The summed E-state index contributed by atoms with van der Waals surface area (Å²) in [5, 5.41) is 4.05. The highest BCUT2D eigenvalue weighted by atomic mass is 35.5. The average Bonchev–Trinajstić information content (AvgIpc) is 3.45. The van der Waals surface area contributed by atoms with Crippen LogP contribution in [0.15, 0.2) is 97.2 Å². The van der Waals surface area contributed by atoms with Gasteiger partial charge in [0.05, 0.1) is 17.0 Å². The topological polar surface area (TPSA) is 66.5 Å². The van der Waals surface area contributed by atoms with E-state index >= 15 is 0 Å². The maximum atomic E-state index is 14.8. The first kappa shape index (κ1) is 26.0. The molecule has 4 aromatic rings. The van der Waals surface area contributed by atoms with Crippen molar-refractivity contribution in [2.75, 3.05) is 5.32 Å². The number of ketones is 2. The Labute approximate surface area is 251 Å². The molecule has 3 aliphatic heterocycles. The fourth-order valence-electron chi connectivity index (χ4n) is 6.81. The maximum Gasteiger partial charge on any atom is 0.238 e. The number of hydrogen-bond donors (Lipinski definition) is 1. The molecular formula is C33H21Cl3N2O3. The Morgan fingerprint density at radius 3 is 2.29 bits per heavy atom. The molecule has 0 aromatic heterocycles. The van der Waals surface area contributed by atoms with Crippen LogP contribution in [0, 0.1) is 5.92 Å². The van der Waals surface area contributed by atoms with E-state index in [9.17, 15) is 14.4 Å². The summed E-state index contributed by atoms with van der Waals surface area (Å²) in [5.74, 6) is -2.18. The van der Waals surface area contributed by atoms with Gasteiger partial charge in [0.15, 0.2) is 11.6 Å². The van der Waals surface area contributed by atoms with Gasteiger partial charge in [0.1, 0.15) is 11.5 Å². The Balaban J connectivity index is 1.54. The molecule has 1 amide bonds. The first-order valence-corrected chi connectivity index (χ1v) is 14.2. The number of rotatable bonds is 4. The lowest BCUT2D eigenvalue weighted by atomic mass is 9.62. The molecular weight excluding hydrogens is 579 g/mol. The molecule has 1 saturated heterocycles. The number of nitrogens with one attached hydrogen (secondary N) is 1. The second-order valence-electron chi connectivity index (χ2n) is 10.4. The number of hydrogen-bond acceptors (Lipinski definition) is 4. The molecule has 1 N–H and O–H groups in total. The first-order valence-electron chi connectivity index (χ1n) is 13.1. The molecule has 4 atom stereocenters. The van der Waals surface area contributed by atoms with Crippen LogP contribution in [0.3, 0.4) is 0 Å². The van der Waals surface area contributed by atoms with Gasteiger partial charge in [-0.1, -0.05) is 77.3 Å². The van der Waals surface area contributed by atoms with Gasteiger partial charge >= 0.3 is 0 Å². The summed E-state index contributed by atoms with van der Waals surface area (Å²) in [6, 6.07) is 24.7. The first-order chi connectivity index (χ1) is 19.8. The summed E-state index contributed by atoms with van der Waals surface area (Å²) in [4.78, 5) is 45.7. The number of carbonyl (C=O) groups excluding carboxylic acids is 3. The number of halogens is 3. The van der Waals surface area contributed by atoms with Crippen LogP contribution in [0.1, 0.15) is 43.4 Å². The molecule has 8 heteroatoms. The fraction of sp³-hybridized carbons (Fsp3) is 0.121. The smallest absolute Gasteiger partial charge is 0.238 e. The van der Waals surface area contributed by atoms with Crippen LogP contribution in [0.5, 0.6) is 0 Å². The molecule has 7 rings (SSSR count). The Morgan fingerprint density at radius 1 is 0.805 bits per heavy atom. The highest BCUT2D eigenvalue weighted by molar-refractivity contribution is 6.37. The summed E-state index contributed by atoms with van der Waals surface area (Å²) >= 11 is 18.9. The molecule has 5 nitrogen and oxygen atoms in total. The Morgan fingerprint density at radius 2 is 1.51 bits per heavy atom. The molecule has 4 aromatic carbocycles. The van der Waals surface area contributed by atoms with E-state index in [4.69, 9.17) is 34.8 Å². The quantitative estimate of drug-likeness (QED) is 0.245. The number of amides is 1. The van der Waals surface area contributed by atoms with Gasteiger partial charge < -0.3 is 10.2 Å². The van der Waals surface area contributed by atoms with Gasteiger partial charge in [-0.2, -0.15) is 0 Å². The SMILES string of the molecule is O=C(c1ccc(Cl)cc1)[C@@H]1[C@H](C(=O)c2ccc(Cl)cc2Cl)[C@@]2(C(=O)Nc3ccccc32)[C@H]2c3ccccc3C=CN12. The van der Waals surface area contributed by atoms with Crippen LogP contribution in [0.4, 0.5) is 5.69 Å². The van der Waals surface area contributed by atoms with Crippen molar-refractivity contribution in [3.05, 3.63) is 140 Å². The molecule has 0 unspecified atom stereocenters. The maximum absolute atomic E-state index is 14.8. The van der Waals surface area contributed by atoms with E-state index in [1.54, 1.807) is 36.4 Å². The molecule has 0 radical (unpaired) electrons. The lowest BCUT2D eigenvalue weighted by Crippen LogP contribution is -2.49. The van der Waals surface area contributed by atoms with Gasteiger partial charge in [-0.25, -0.2) is 0 Å². The molecule has 0 bridgehead atoms. The van der Waals surface area contributed by atoms with Crippen LogP contribution < -0.4 is 5.32 Å². The minimum absolute atomic E-state index is 0.155. The van der Waals surface area contributed by atoms with Crippen LogP contribution in [0.2, 0.25) is 15.1 Å². The Bertz CT molecular complexity index is 1800.